The van der Waals surface area contributed by atoms with Crippen LogP contribution in [0.1, 0.15) is 41.0 Å². The molecule has 8 heteroatoms. The third-order valence-electron chi connectivity index (χ3n) is 6.57. The molecular weight excluding hydrogens is 476 g/mol. The molecule has 0 spiro atoms. The number of para-hydroxylation sites is 1. The van der Waals surface area contributed by atoms with E-state index >= 15 is 0 Å². The normalized spacial score (nSPS) is 15.1. The number of thiophene rings is 1. The van der Waals surface area contributed by atoms with Crippen LogP contribution in [0.25, 0.3) is 21.7 Å². The molecule has 0 saturated heterocycles. The zero-order chi connectivity index (χ0) is 24.3. The summed E-state index contributed by atoms with van der Waals surface area (Å²) in [6.07, 6.45) is 0.699. The number of aryl methyl sites for hydroxylation is 2. The van der Waals surface area contributed by atoms with Crippen LogP contribution in [-0.2, 0) is 23.5 Å². The van der Waals surface area contributed by atoms with Crippen LogP contribution >= 0.6 is 23.1 Å². The lowest BCUT2D eigenvalue weighted by Crippen LogP contribution is -2.32. The Morgan fingerprint density at radius 1 is 1.11 bits per heavy atom. The van der Waals surface area contributed by atoms with E-state index in [2.05, 4.69) is 60.5 Å². The summed E-state index contributed by atoms with van der Waals surface area (Å²) in [7, 11) is 0. The highest BCUT2D eigenvalue weighted by Crippen LogP contribution is 2.39. The van der Waals surface area contributed by atoms with Crippen molar-refractivity contribution in [1.29, 1.82) is 0 Å². The number of fused-ring (bicyclic) bond motifs is 5. The molecule has 0 saturated carbocycles. The van der Waals surface area contributed by atoms with Crippen molar-refractivity contribution in [3.8, 4) is 5.69 Å². The molecule has 0 bridgehead atoms. The molecule has 1 aliphatic heterocycles. The molecule has 6 nitrogen and oxygen atoms in total. The zero-order valence-electron chi connectivity index (χ0n) is 20.2. The molecule has 0 atom stereocenters. The molecule has 3 aromatic heterocycles. The predicted molar refractivity (Wildman–Crippen MR) is 142 cm³/mol. The Hall–Kier alpha value is -2.94. The molecule has 4 heterocycles. The lowest BCUT2D eigenvalue weighted by molar-refractivity contribution is -0.0379. The summed E-state index contributed by atoms with van der Waals surface area (Å²) >= 11 is 3.27. The third-order valence-corrected chi connectivity index (χ3v) is 8.74. The van der Waals surface area contributed by atoms with Gasteiger partial charge in [0.25, 0.3) is 5.56 Å². The third kappa shape index (κ3) is 3.80. The standard InChI is InChI=1S/C27H26N4O2S2/c1-16-10-11-18(17(2)12-16)15-34-26-29-28-25-30(19-8-6-5-7-9-19)23(32)22-20-13-27(3,4)33-14-21(20)35-24(22)31(25)26/h5-12H,13-15H2,1-4H3. The van der Waals surface area contributed by atoms with E-state index in [1.54, 1.807) is 27.7 Å². The largest absolute Gasteiger partial charge is 0.370 e. The summed E-state index contributed by atoms with van der Waals surface area (Å²) in [4.78, 5) is 16.0. The Kier molecular flexibility index (Phi) is 5.36. The van der Waals surface area contributed by atoms with E-state index in [0.29, 0.717) is 18.8 Å². The van der Waals surface area contributed by atoms with E-state index in [9.17, 15) is 4.79 Å². The van der Waals surface area contributed by atoms with E-state index in [1.807, 2.05) is 30.3 Å². The van der Waals surface area contributed by atoms with Crippen LogP contribution in [-0.4, -0.2) is 24.8 Å². The maximum absolute atomic E-state index is 14.0. The van der Waals surface area contributed by atoms with Gasteiger partial charge < -0.3 is 4.74 Å². The molecule has 178 valence electrons. The highest BCUT2D eigenvalue weighted by Gasteiger charge is 2.32. The second-order valence-corrected chi connectivity index (χ2v) is 11.7. The molecule has 1 aliphatic rings. The minimum atomic E-state index is -0.312. The van der Waals surface area contributed by atoms with Crippen molar-refractivity contribution in [2.75, 3.05) is 0 Å². The highest BCUT2D eigenvalue weighted by atomic mass is 32.2. The van der Waals surface area contributed by atoms with E-state index in [1.165, 1.54) is 16.7 Å². The first-order valence-corrected chi connectivity index (χ1v) is 13.5. The molecule has 2 aromatic carbocycles. The maximum atomic E-state index is 14.0. The van der Waals surface area contributed by atoms with Crippen LogP contribution in [0, 0.1) is 13.8 Å². The fourth-order valence-electron chi connectivity index (χ4n) is 4.76. The van der Waals surface area contributed by atoms with Gasteiger partial charge in [-0.1, -0.05) is 53.7 Å². The minimum Gasteiger partial charge on any atom is -0.370 e. The monoisotopic (exact) mass is 502 g/mol. The second kappa shape index (κ2) is 8.33. The van der Waals surface area contributed by atoms with Gasteiger partial charge in [0.15, 0.2) is 5.16 Å². The maximum Gasteiger partial charge on any atom is 0.268 e. The number of hydrogen-bond donors (Lipinski definition) is 0. The lowest BCUT2D eigenvalue weighted by Gasteiger charge is -2.29. The number of thioether (sulfide) groups is 1. The lowest BCUT2D eigenvalue weighted by atomic mass is 9.94. The first kappa shape index (κ1) is 22.5. The van der Waals surface area contributed by atoms with Crippen molar-refractivity contribution in [2.45, 2.75) is 57.2 Å². The molecule has 6 rings (SSSR count). The number of hydrogen-bond acceptors (Lipinski definition) is 6. The zero-order valence-corrected chi connectivity index (χ0v) is 21.8. The summed E-state index contributed by atoms with van der Waals surface area (Å²) in [6, 6.07) is 16.2. The van der Waals surface area contributed by atoms with Crippen LogP contribution in [0.3, 0.4) is 0 Å². The predicted octanol–water partition coefficient (Wildman–Crippen LogP) is 5.86. The molecule has 0 unspecified atom stereocenters. The molecule has 35 heavy (non-hydrogen) atoms. The van der Waals surface area contributed by atoms with Crippen LogP contribution in [0.4, 0.5) is 0 Å². The van der Waals surface area contributed by atoms with Gasteiger partial charge in [-0.2, -0.15) is 0 Å². The summed E-state index contributed by atoms with van der Waals surface area (Å²) in [5.74, 6) is 1.32. The molecule has 5 aromatic rings. The Labute approximate surface area is 211 Å². The van der Waals surface area contributed by atoms with Crippen LogP contribution in [0.2, 0.25) is 0 Å². The number of nitrogens with zero attached hydrogens (tertiary/aromatic N) is 4. The van der Waals surface area contributed by atoms with Gasteiger partial charge in [0.1, 0.15) is 4.83 Å². The quantitative estimate of drug-likeness (QED) is 0.288. The number of aromatic nitrogens is 4. The van der Waals surface area contributed by atoms with Gasteiger partial charge in [-0.05, 0) is 56.5 Å². The van der Waals surface area contributed by atoms with Gasteiger partial charge >= 0.3 is 0 Å². The van der Waals surface area contributed by atoms with E-state index in [0.717, 1.165) is 37.3 Å². The minimum absolute atomic E-state index is 0.0489. The van der Waals surface area contributed by atoms with Gasteiger partial charge in [-0.15, -0.1) is 21.5 Å². The van der Waals surface area contributed by atoms with E-state index in [4.69, 9.17) is 4.74 Å². The Bertz CT molecular complexity index is 1650. The van der Waals surface area contributed by atoms with Crippen molar-refractivity contribution in [2.24, 2.45) is 0 Å². The Balaban J connectivity index is 1.58. The van der Waals surface area contributed by atoms with Crippen molar-refractivity contribution < 1.29 is 4.74 Å². The Morgan fingerprint density at radius 2 is 1.91 bits per heavy atom. The van der Waals surface area contributed by atoms with E-state index in [-0.39, 0.29) is 11.2 Å². The number of ether oxygens (including phenoxy) is 1. The van der Waals surface area contributed by atoms with Gasteiger partial charge in [-0.25, -0.2) is 8.97 Å². The topological polar surface area (TPSA) is 61.4 Å². The van der Waals surface area contributed by atoms with Gasteiger partial charge in [0, 0.05) is 17.1 Å². The van der Waals surface area contributed by atoms with Crippen molar-refractivity contribution in [3.63, 3.8) is 0 Å². The van der Waals surface area contributed by atoms with Crippen molar-refractivity contribution in [1.82, 2.24) is 19.2 Å². The number of rotatable bonds is 4. The van der Waals surface area contributed by atoms with Crippen molar-refractivity contribution >= 4 is 39.1 Å². The molecular formula is C27H26N4O2S2. The Morgan fingerprint density at radius 3 is 2.69 bits per heavy atom. The average Bonchev–Trinajstić information content (AvgIpc) is 3.40. The smallest absolute Gasteiger partial charge is 0.268 e. The van der Waals surface area contributed by atoms with E-state index < -0.39 is 0 Å². The number of benzene rings is 2. The molecule has 0 aliphatic carbocycles. The average molecular weight is 503 g/mol. The molecule has 0 radical (unpaired) electrons. The first-order chi connectivity index (χ1) is 16.8. The summed E-state index contributed by atoms with van der Waals surface area (Å²) < 4.78 is 9.85. The van der Waals surface area contributed by atoms with Gasteiger partial charge in [0.2, 0.25) is 5.78 Å². The van der Waals surface area contributed by atoms with Crippen LogP contribution in [0.15, 0.2) is 58.5 Å². The second-order valence-electron chi connectivity index (χ2n) is 9.72. The molecule has 0 N–H and O–H groups in total. The van der Waals surface area contributed by atoms with Crippen LogP contribution < -0.4 is 5.56 Å². The highest BCUT2D eigenvalue weighted by molar-refractivity contribution is 7.98. The molecule has 0 fully saturated rings. The first-order valence-electron chi connectivity index (χ1n) is 11.6. The molecule has 0 amide bonds. The summed E-state index contributed by atoms with van der Waals surface area (Å²) in [6.45, 7) is 8.93. The summed E-state index contributed by atoms with van der Waals surface area (Å²) in [5, 5.41) is 10.6. The SMILES string of the molecule is Cc1ccc(CSc2nnc3n(-c4ccccc4)c(=O)c4c5c(sc4n23)COC(C)(C)C5)c(C)c1. The summed E-state index contributed by atoms with van der Waals surface area (Å²) in [5.41, 5.74) is 5.31. The van der Waals surface area contributed by atoms with Crippen LogP contribution in [0.5, 0.6) is 0 Å². The van der Waals surface area contributed by atoms with Gasteiger partial charge in [-0.3, -0.25) is 4.79 Å². The van der Waals surface area contributed by atoms with Gasteiger partial charge in [0.05, 0.1) is 23.3 Å². The van der Waals surface area contributed by atoms with Crippen molar-refractivity contribution in [3.05, 3.63) is 86.0 Å². The fourth-order valence-corrected chi connectivity index (χ4v) is 7.05. The fraction of sp³-hybridized carbons (Fsp3) is 0.296.